The van der Waals surface area contributed by atoms with Crippen molar-refractivity contribution in [2.45, 2.75) is 37.0 Å². The van der Waals surface area contributed by atoms with Gasteiger partial charge in [-0.05, 0) is 25.0 Å². The van der Waals surface area contributed by atoms with E-state index in [1.54, 1.807) is 28.6 Å². The molecule has 0 saturated carbocycles. The first-order chi connectivity index (χ1) is 10.2. The lowest BCUT2D eigenvalue weighted by Gasteiger charge is -2.24. The van der Waals surface area contributed by atoms with E-state index in [2.05, 4.69) is 11.8 Å². The molecule has 5 heteroatoms. The Morgan fingerprint density at radius 1 is 1.05 bits per heavy atom. The van der Waals surface area contributed by atoms with Gasteiger partial charge in [-0.15, -0.1) is 0 Å². The molecule has 1 fully saturated rings. The molecule has 2 rings (SSSR count). The van der Waals surface area contributed by atoms with Gasteiger partial charge in [0.15, 0.2) is 0 Å². The standard InChI is InChI=1S/C16H22N2O2S/c17-12-8-10-15-9-4-5-11-16(15)21(19,20)18-13-6-2-1-3-7-14-18/h4-5,9,11H,1-3,6-7,12-14,17H2. The normalized spacial score (nSPS) is 17.4. The van der Waals surface area contributed by atoms with Crippen LogP contribution in [-0.2, 0) is 10.0 Å². The quantitative estimate of drug-likeness (QED) is 0.850. The predicted molar refractivity (Wildman–Crippen MR) is 84.2 cm³/mol. The fraction of sp³-hybridized carbons (Fsp3) is 0.500. The fourth-order valence-electron chi connectivity index (χ4n) is 2.54. The summed E-state index contributed by atoms with van der Waals surface area (Å²) in [5.41, 5.74) is 5.92. The van der Waals surface area contributed by atoms with Gasteiger partial charge < -0.3 is 5.73 Å². The van der Waals surface area contributed by atoms with E-state index in [0.29, 0.717) is 23.5 Å². The van der Waals surface area contributed by atoms with Gasteiger partial charge in [-0.2, -0.15) is 4.31 Å². The van der Waals surface area contributed by atoms with Gasteiger partial charge >= 0.3 is 0 Å². The molecule has 1 heterocycles. The summed E-state index contributed by atoms with van der Waals surface area (Å²) in [7, 11) is -3.47. The van der Waals surface area contributed by atoms with Crippen LogP contribution in [0.15, 0.2) is 29.2 Å². The van der Waals surface area contributed by atoms with Crippen LogP contribution >= 0.6 is 0 Å². The van der Waals surface area contributed by atoms with Crippen LogP contribution in [0.2, 0.25) is 0 Å². The molecule has 0 bridgehead atoms. The van der Waals surface area contributed by atoms with Gasteiger partial charge in [0.2, 0.25) is 10.0 Å². The van der Waals surface area contributed by atoms with Gasteiger partial charge in [-0.25, -0.2) is 8.42 Å². The van der Waals surface area contributed by atoms with Gasteiger partial charge in [-0.1, -0.05) is 43.2 Å². The van der Waals surface area contributed by atoms with Crippen LogP contribution in [0.1, 0.15) is 37.7 Å². The molecule has 114 valence electrons. The Kier molecular flexibility index (Phi) is 5.80. The monoisotopic (exact) mass is 306 g/mol. The maximum absolute atomic E-state index is 12.9. The summed E-state index contributed by atoms with van der Waals surface area (Å²) in [6.45, 7) is 1.42. The molecule has 0 aliphatic carbocycles. The van der Waals surface area contributed by atoms with Gasteiger partial charge in [0.25, 0.3) is 0 Å². The zero-order chi connectivity index (χ0) is 15.1. The van der Waals surface area contributed by atoms with E-state index in [-0.39, 0.29) is 6.54 Å². The zero-order valence-corrected chi connectivity index (χ0v) is 13.0. The molecule has 0 radical (unpaired) electrons. The molecule has 2 N–H and O–H groups in total. The molecule has 1 aromatic rings. The van der Waals surface area contributed by atoms with Crippen LogP contribution in [0.4, 0.5) is 0 Å². The summed E-state index contributed by atoms with van der Waals surface area (Å²) >= 11 is 0. The van der Waals surface area contributed by atoms with Crippen molar-refractivity contribution < 1.29 is 8.42 Å². The van der Waals surface area contributed by atoms with Crippen molar-refractivity contribution in [3.05, 3.63) is 29.8 Å². The molecule has 0 aromatic heterocycles. The smallest absolute Gasteiger partial charge is 0.244 e. The number of benzene rings is 1. The third kappa shape index (κ3) is 4.07. The van der Waals surface area contributed by atoms with Crippen molar-refractivity contribution in [2.24, 2.45) is 5.73 Å². The summed E-state index contributed by atoms with van der Waals surface area (Å²) in [5.74, 6) is 5.60. The molecule has 0 unspecified atom stereocenters. The molecule has 1 saturated heterocycles. The highest BCUT2D eigenvalue weighted by molar-refractivity contribution is 7.89. The molecule has 0 amide bonds. The molecular formula is C16H22N2O2S. The van der Waals surface area contributed by atoms with E-state index in [1.807, 2.05) is 0 Å². The van der Waals surface area contributed by atoms with Crippen molar-refractivity contribution >= 4 is 10.0 Å². The lowest BCUT2D eigenvalue weighted by atomic mass is 10.1. The third-order valence-corrected chi connectivity index (χ3v) is 5.60. The van der Waals surface area contributed by atoms with Crippen molar-refractivity contribution in [2.75, 3.05) is 19.6 Å². The topological polar surface area (TPSA) is 63.4 Å². The van der Waals surface area contributed by atoms with Gasteiger partial charge in [0, 0.05) is 18.7 Å². The minimum Gasteiger partial charge on any atom is -0.320 e. The van der Waals surface area contributed by atoms with Crippen LogP contribution in [0, 0.1) is 11.8 Å². The Bertz CT molecular complexity index is 621. The Morgan fingerprint density at radius 3 is 2.33 bits per heavy atom. The van der Waals surface area contributed by atoms with E-state index in [0.717, 1.165) is 25.7 Å². The van der Waals surface area contributed by atoms with Crippen molar-refractivity contribution in [1.29, 1.82) is 0 Å². The van der Waals surface area contributed by atoms with E-state index in [1.165, 1.54) is 6.42 Å². The van der Waals surface area contributed by atoms with E-state index in [4.69, 9.17) is 5.73 Å². The van der Waals surface area contributed by atoms with Crippen LogP contribution < -0.4 is 5.73 Å². The first kappa shape index (κ1) is 16.0. The largest absolute Gasteiger partial charge is 0.320 e. The molecule has 0 atom stereocenters. The zero-order valence-electron chi connectivity index (χ0n) is 12.2. The van der Waals surface area contributed by atoms with Crippen molar-refractivity contribution in [3.63, 3.8) is 0 Å². The van der Waals surface area contributed by atoms with Crippen molar-refractivity contribution in [3.8, 4) is 11.8 Å². The molecule has 21 heavy (non-hydrogen) atoms. The second kappa shape index (κ2) is 7.60. The van der Waals surface area contributed by atoms with Gasteiger partial charge in [-0.3, -0.25) is 0 Å². The summed E-state index contributed by atoms with van der Waals surface area (Å²) in [6.07, 6.45) is 5.25. The highest BCUT2D eigenvalue weighted by Crippen LogP contribution is 2.22. The molecule has 1 aliphatic heterocycles. The number of nitrogens with two attached hydrogens (primary N) is 1. The minimum atomic E-state index is -3.47. The number of nitrogens with zero attached hydrogens (tertiary/aromatic N) is 1. The third-order valence-electron chi connectivity index (χ3n) is 3.65. The first-order valence-corrected chi connectivity index (χ1v) is 8.88. The van der Waals surface area contributed by atoms with Crippen molar-refractivity contribution in [1.82, 2.24) is 4.31 Å². The second-order valence-corrected chi connectivity index (χ2v) is 7.08. The average Bonchev–Trinajstić information content (AvgIpc) is 2.44. The number of rotatable bonds is 2. The van der Waals surface area contributed by atoms with Crippen LogP contribution in [0.5, 0.6) is 0 Å². The summed E-state index contributed by atoms with van der Waals surface area (Å²) in [5, 5.41) is 0. The lowest BCUT2D eigenvalue weighted by molar-refractivity contribution is 0.364. The highest BCUT2D eigenvalue weighted by Gasteiger charge is 2.26. The van der Waals surface area contributed by atoms with Crippen LogP contribution in [-0.4, -0.2) is 32.4 Å². The van der Waals surface area contributed by atoms with Crippen LogP contribution in [0.25, 0.3) is 0 Å². The van der Waals surface area contributed by atoms with Gasteiger partial charge in [0.05, 0.1) is 11.4 Å². The number of hydrogen-bond donors (Lipinski definition) is 1. The first-order valence-electron chi connectivity index (χ1n) is 7.44. The molecule has 0 spiro atoms. The number of sulfonamides is 1. The second-order valence-electron chi connectivity index (χ2n) is 5.17. The molecule has 4 nitrogen and oxygen atoms in total. The van der Waals surface area contributed by atoms with E-state index < -0.39 is 10.0 Å². The Balaban J connectivity index is 2.34. The molecule has 1 aromatic carbocycles. The number of hydrogen-bond acceptors (Lipinski definition) is 3. The molecular weight excluding hydrogens is 284 g/mol. The van der Waals surface area contributed by atoms with E-state index >= 15 is 0 Å². The lowest BCUT2D eigenvalue weighted by Crippen LogP contribution is -2.34. The average molecular weight is 306 g/mol. The molecule has 1 aliphatic rings. The van der Waals surface area contributed by atoms with E-state index in [9.17, 15) is 8.42 Å². The summed E-state index contributed by atoms with van der Waals surface area (Å²) in [6, 6.07) is 6.91. The minimum absolute atomic E-state index is 0.220. The summed E-state index contributed by atoms with van der Waals surface area (Å²) < 4.78 is 27.3. The Labute approximate surface area is 127 Å². The predicted octanol–water partition coefficient (Wildman–Crippen LogP) is 1.95. The fourth-order valence-corrected chi connectivity index (χ4v) is 4.20. The summed E-state index contributed by atoms with van der Waals surface area (Å²) in [4.78, 5) is 0.298. The van der Waals surface area contributed by atoms with Crippen LogP contribution in [0.3, 0.4) is 0 Å². The maximum Gasteiger partial charge on any atom is 0.244 e. The highest BCUT2D eigenvalue weighted by atomic mass is 32.2. The van der Waals surface area contributed by atoms with Gasteiger partial charge in [0.1, 0.15) is 0 Å². The SMILES string of the molecule is NCC#Cc1ccccc1S(=O)(=O)N1CCCCCCC1. The Morgan fingerprint density at radius 2 is 1.67 bits per heavy atom. The Hall–Kier alpha value is -1.35. The maximum atomic E-state index is 12.9.